The number of carbonyl (C=O) groups is 2. The number of amides is 2. The Bertz CT molecular complexity index is 960. The molecule has 7 nitrogen and oxygen atoms in total. The topological polar surface area (TPSA) is 67.7 Å². The van der Waals surface area contributed by atoms with Crippen LogP contribution in [0.3, 0.4) is 0 Å². The van der Waals surface area contributed by atoms with E-state index in [2.05, 4.69) is 25.0 Å². The van der Waals surface area contributed by atoms with E-state index < -0.39 is 0 Å². The number of unbranched alkanes of at least 4 members (excludes halogenated alkanes) is 1. The van der Waals surface area contributed by atoms with Crippen LogP contribution in [0.1, 0.15) is 50.7 Å². The summed E-state index contributed by atoms with van der Waals surface area (Å²) in [5.41, 5.74) is 4.15. The molecule has 7 heteroatoms. The molecule has 1 aromatic heterocycles. The van der Waals surface area contributed by atoms with Crippen molar-refractivity contribution in [1.29, 1.82) is 0 Å². The molecule has 0 aliphatic carbocycles. The molecule has 1 aromatic carbocycles. The quantitative estimate of drug-likeness (QED) is 0.713. The highest BCUT2D eigenvalue weighted by Crippen LogP contribution is 2.38. The van der Waals surface area contributed by atoms with Crippen molar-refractivity contribution in [1.82, 2.24) is 19.6 Å². The van der Waals surface area contributed by atoms with Crippen LogP contribution < -0.4 is 4.74 Å². The molecular weight excluding hydrogens is 392 g/mol. The molecular formula is C24H32N4O3. The van der Waals surface area contributed by atoms with Crippen LogP contribution in [0.25, 0.3) is 11.3 Å². The third-order valence-electron chi connectivity index (χ3n) is 6.40. The first kappa shape index (κ1) is 21.4. The zero-order valence-corrected chi connectivity index (χ0v) is 18.8. The van der Waals surface area contributed by atoms with E-state index >= 15 is 0 Å². The van der Waals surface area contributed by atoms with Gasteiger partial charge in [0.25, 0.3) is 0 Å². The summed E-state index contributed by atoms with van der Waals surface area (Å²) in [6, 6.07) is 6.31. The SMILES string of the molecule is CCCCN(C(=O)Cn1ncc2c1-c1cc(C)ccc1OC2)C1CCN(C(C)=O)CC1. The number of piperidine rings is 1. The fraction of sp³-hybridized carbons (Fsp3) is 0.542. The average molecular weight is 425 g/mol. The summed E-state index contributed by atoms with van der Waals surface area (Å²) in [6.07, 6.45) is 5.50. The van der Waals surface area contributed by atoms with E-state index in [0.29, 0.717) is 6.61 Å². The van der Waals surface area contributed by atoms with Gasteiger partial charge in [-0.3, -0.25) is 14.3 Å². The molecule has 1 saturated heterocycles. The van der Waals surface area contributed by atoms with Crippen molar-refractivity contribution in [3.63, 3.8) is 0 Å². The van der Waals surface area contributed by atoms with Gasteiger partial charge in [-0.1, -0.05) is 25.0 Å². The molecule has 4 rings (SSSR count). The van der Waals surface area contributed by atoms with Crippen molar-refractivity contribution in [2.75, 3.05) is 19.6 Å². The smallest absolute Gasteiger partial charge is 0.244 e. The van der Waals surface area contributed by atoms with Gasteiger partial charge < -0.3 is 14.5 Å². The minimum atomic E-state index is 0.0984. The molecule has 0 radical (unpaired) electrons. The lowest BCUT2D eigenvalue weighted by molar-refractivity contribution is -0.136. The Morgan fingerprint density at radius 3 is 2.74 bits per heavy atom. The summed E-state index contributed by atoms with van der Waals surface area (Å²) >= 11 is 0. The Morgan fingerprint density at radius 2 is 2.03 bits per heavy atom. The van der Waals surface area contributed by atoms with Crippen molar-refractivity contribution in [2.24, 2.45) is 0 Å². The van der Waals surface area contributed by atoms with E-state index in [1.807, 2.05) is 32.8 Å². The molecule has 2 aromatic rings. The number of benzene rings is 1. The maximum absolute atomic E-state index is 13.4. The minimum absolute atomic E-state index is 0.0984. The number of hydrogen-bond acceptors (Lipinski definition) is 4. The highest BCUT2D eigenvalue weighted by molar-refractivity contribution is 5.79. The molecule has 2 amide bonds. The predicted octanol–water partition coefficient (Wildman–Crippen LogP) is 3.39. The van der Waals surface area contributed by atoms with Gasteiger partial charge in [-0.15, -0.1) is 0 Å². The number of hydrogen-bond donors (Lipinski definition) is 0. The number of aryl methyl sites for hydroxylation is 1. The standard InChI is InChI=1S/C24H32N4O3/c1-4-5-10-27(20-8-11-26(12-9-20)18(3)29)23(30)15-28-24-19(14-25-28)16-31-22-7-6-17(2)13-21(22)24/h6-7,13-14,20H,4-5,8-12,15-16H2,1-3H3. The lowest BCUT2D eigenvalue weighted by atomic mass is 10.0. The second kappa shape index (κ2) is 9.12. The summed E-state index contributed by atoms with van der Waals surface area (Å²) in [5, 5.41) is 4.55. The monoisotopic (exact) mass is 424 g/mol. The molecule has 166 valence electrons. The Balaban J connectivity index is 1.54. The van der Waals surface area contributed by atoms with E-state index in [-0.39, 0.29) is 24.4 Å². The van der Waals surface area contributed by atoms with Crippen molar-refractivity contribution >= 4 is 11.8 Å². The first-order valence-corrected chi connectivity index (χ1v) is 11.3. The number of carbonyl (C=O) groups excluding carboxylic acids is 2. The highest BCUT2D eigenvalue weighted by atomic mass is 16.5. The van der Waals surface area contributed by atoms with Gasteiger partial charge in [0, 0.05) is 43.7 Å². The van der Waals surface area contributed by atoms with Crippen molar-refractivity contribution in [2.45, 2.75) is 65.6 Å². The van der Waals surface area contributed by atoms with Gasteiger partial charge in [0.15, 0.2) is 0 Å². The van der Waals surface area contributed by atoms with E-state index in [1.54, 1.807) is 6.92 Å². The Kier molecular flexibility index (Phi) is 6.30. The van der Waals surface area contributed by atoms with Gasteiger partial charge in [0.2, 0.25) is 11.8 Å². The van der Waals surface area contributed by atoms with Crippen LogP contribution in [0.15, 0.2) is 24.4 Å². The summed E-state index contributed by atoms with van der Waals surface area (Å²) in [5.74, 6) is 1.05. The lowest BCUT2D eigenvalue weighted by Gasteiger charge is -2.38. The van der Waals surface area contributed by atoms with Gasteiger partial charge in [0.05, 0.1) is 11.9 Å². The molecule has 1 fully saturated rings. The van der Waals surface area contributed by atoms with E-state index in [9.17, 15) is 9.59 Å². The largest absolute Gasteiger partial charge is 0.488 e. The van der Waals surface area contributed by atoms with Crippen LogP contribution in [-0.2, 0) is 22.7 Å². The van der Waals surface area contributed by atoms with Gasteiger partial charge in [0.1, 0.15) is 18.9 Å². The summed E-state index contributed by atoms with van der Waals surface area (Å²) < 4.78 is 7.70. The van der Waals surface area contributed by atoms with Gasteiger partial charge in [-0.2, -0.15) is 5.10 Å². The summed E-state index contributed by atoms with van der Waals surface area (Å²) in [6.45, 7) is 8.70. The zero-order chi connectivity index (χ0) is 22.0. The van der Waals surface area contributed by atoms with E-state index in [4.69, 9.17) is 4.74 Å². The first-order valence-electron chi connectivity index (χ1n) is 11.3. The molecule has 0 atom stereocenters. The maximum Gasteiger partial charge on any atom is 0.244 e. The average Bonchev–Trinajstić information content (AvgIpc) is 3.17. The summed E-state index contributed by atoms with van der Waals surface area (Å²) in [7, 11) is 0. The Labute approximate surface area is 184 Å². The van der Waals surface area contributed by atoms with Gasteiger partial charge in [-0.05, 0) is 38.3 Å². The number of fused-ring (bicyclic) bond motifs is 3. The Morgan fingerprint density at radius 1 is 1.26 bits per heavy atom. The van der Waals surface area contributed by atoms with Crippen molar-refractivity contribution < 1.29 is 14.3 Å². The van der Waals surface area contributed by atoms with Gasteiger partial charge in [-0.25, -0.2) is 0 Å². The third-order valence-corrected chi connectivity index (χ3v) is 6.40. The molecule has 31 heavy (non-hydrogen) atoms. The normalized spacial score (nSPS) is 15.8. The van der Waals surface area contributed by atoms with Gasteiger partial charge >= 0.3 is 0 Å². The molecule has 3 heterocycles. The predicted molar refractivity (Wildman–Crippen MR) is 119 cm³/mol. The van der Waals surface area contributed by atoms with E-state index in [1.165, 1.54) is 0 Å². The van der Waals surface area contributed by atoms with Crippen molar-refractivity contribution in [3.8, 4) is 17.0 Å². The van der Waals surface area contributed by atoms with Crippen LogP contribution in [0.4, 0.5) is 0 Å². The van der Waals surface area contributed by atoms with Crippen molar-refractivity contribution in [3.05, 3.63) is 35.5 Å². The molecule has 2 aliphatic heterocycles. The van der Waals surface area contributed by atoms with E-state index in [0.717, 1.165) is 73.5 Å². The van der Waals surface area contributed by atoms with Crippen LogP contribution in [-0.4, -0.2) is 57.1 Å². The zero-order valence-electron chi connectivity index (χ0n) is 18.8. The second-order valence-corrected chi connectivity index (χ2v) is 8.64. The number of likely N-dealkylation sites (tertiary alicyclic amines) is 1. The maximum atomic E-state index is 13.4. The van der Waals surface area contributed by atoms with Crippen LogP contribution in [0.2, 0.25) is 0 Å². The lowest BCUT2D eigenvalue weighted by Crippen LogP contribution is -2.49. The van der Waals surface area contributed by atoms with Crippen LogP contribution in [0.5, 0.6) is 5.75 Å². The number of nitrogens with zero attached hydrogens (tertiary/aromatic N) is 4. The fourth-order valence-corrected chi connectivity index (χ4v) is 4.62. The van der Waals surface area contributed by atoms with Crippen LogP contribution >= 0.6 is 0 Å². The fourth-order valence-electron chi connectivity index (χ4n) is 4.62. The molecule has 2 aliphatic rings. The Hall–Kier alpha value is -2.83. The summed E-state index contributed by atoms with van der Waals surface area (Å²) in [4.78, 5) is 29.0. The highest BCUT2D eigenvalue weighted by Gasteiger charge is 2.30. The number of ether oxygens (including phenoxy) is 1. The molecule has 0 unspecified atom stereocenters. The number of rotatable bonds is 6. The number of aromatic nitrogens is 2. The molecule has 0 bridgehead atoms. The molecule has 0 N–H and O–H groups in total. The molecule has 0 spiro atoms. The second-order valence-electron chi connectivity index (χ2n) is 8.64. The minimum Gasteiger partial charge on any atom is -0.488 e. The first-order chi connectivity index (χ1) is 15.0. The van der Waals surface area contributed by atoms with Crippen LogP contribution in [0, 0.1) is 6.92 Å². The third kappa shape index (κ3) is 4.45. The molecule has 0 saturated carbocycles.